The van der Waals surface area contributed by atoms with Gasteiger partial charge in [0.2, 0.25) is 0 Å². The molecule has 2 rings (SSSR count). The van der Waals surface area contributed by atoms with Crippen LogP contribution < -0.4 is 4.74 Å². The molecule has 152 valence electrons. The van der Waals surface area contributed by atoms with Crippen molar-refractivity contribution < 1.29 is 9.53 Å². The van der Waals surface area contributed by atoms with Gasteiger partial charge in [0.25, 0.3) is 0 Å². The van der Waals surface area contributed by atoms with Crippen LogP contribution in [0.15, 0.2) is 30.5 Å². The van der Waals surface area contributed by atoms with Crippen LogP contribution in [0.3, 0.4) is 0 Å². The molecule has 3 unspecified atom stereocenters. The van der Waals surface area contributed by atoms with Crippen LogP contribution in [0.5, 0.6) is 5.75 Å². The van der Waals surface area contributed by atoms with Crippen LogP contribution in [0.4, 0.5) is 0 Å². The molecule has 0 aliphatic heterocycles. The molecule has 0 saturated heterocycles. The molecular weight excluding hydrogens is 370 g/mol. The smallest absolute Gasteiger partial charge is 0.120 e. The Morgan fingerprint density at radius 3 is 2.71 bits per heavy atom. The number of amidine groups is 1. The summed E-state index contributed by atoms with van der Waals surface area (Å²) < 4.78 is 5.61. The van der Waals surface area contributed by atoms with Gasteiger partial charge in [-0.15, -0.1) is 11.3 Å². The van der Waals surface area contributed by atoms with Gasteiger partial charge in [0.15, 0.2) is 0 Å². The second-order valence-electron chi connectivity index (χ2n) is 7.17. The minimum atomic E-state index is 0.0200. The molecular formula is C22H31N3O2S. The zero-order valence-electron chi connectivity index (χ0n) is 17.4. The van der Waals surface area contributed by atoms with Gasteiger partial charge in [-0.1, -0.05) is 32.4 Å². The Morgan fingerprint density at radius 2 is 2.11 bits per heavy atom. The quantitative estimate of drug-likeness (QED) is 0.342. The molecule has 1 aromatic heterocycles. The van der Waals surface area contributed by atoms with E-state index in [-0.39, 0.29) is 17.8 Å². The van der Waals surface area contributed by atoms with E-state index in [0.29, 0.717) is 18.9 Å². The monoisotopic (exact) mass is 401 g/mol. The lowest BCUT2D eigenvalue weighted by Gasteiger charge is -2.31. The summed E-state index contributed by atoms with van der Waals surface area (Å²) in [6.45, 7) is 6.81. The second kappa shape index (κ2) is 10.4. The van der Waals surface area contributed by atoms with E-state index in [0.717, 1.165) is 33.9 Å². The highest BCUT2D eigenvalue weighted by atomic mass is 32.1. The average Bonchev–Trinajstić information content (AvgIpc) is 3.17. The molecule has 1 heterocycles. The van der Waals surface area contributed by atoms with Crippen molar-refractivity contribution in [3.8, 4) is 16.2 Å². The van der Waals surface area contributed by atoms with Gasteiger partial charge in [-0.3, -0.25) is 5.41 Å². The molecule has 3 atom stereocenters. The number of hydrogen-bond acceptors (Lipinski definition) is 5. The van der Waals surface area contributed by atoms with Crippen LogP contribution in [0.1, 0.15) is 44.5 Å². The van der Waals surface area contributed by atoms with Crippen molar-refractivity contribution in [1.82, 2.24) is 9.88 Å². The molecule has 0 saturated carbocycles. The van der Waals surface area contributed by atoms with Gasteiger partial charge in [-0.25, -0.2) is 4.98 Å². The lowest BCUT2D eigenvalue weighted by molar-refractivity contribution is -0.108. The molecule has 0 aliphatic carbocycles. The lowest BCUT2D eigenvalue weighted by atomic mass is 9.78. The minimum Gasteiger partial charge on any atom is -0.494 e. The summed E-state index contributed by atoms with van der Waals surface area (Å²) >= 11 is 1.63. The summed E-state index contributed by atoms with van der Waals surface area (Å²) in [5.41, 5.74) is 1.07. The first-order valence-corrected chi connectivity index (χ1v) is 10.6. The summed E-state index contributed by atoms with van der Waals surface area (Å²) in [6.07, 6.45) is 4.19. The van der Waals surface area contributed by atoms with Gasteiger partial charge in [-0.05, 0) is 30.5 Å². The first kappa shape index (κ1) is 22.1. The van der Waals surface area contributed by atoms with Crippen molar-refractivity contribution in [2.75, 3.05) is 20.7 Å². The topological polar surface area (TPSA) is 66.3 Å². The summed E-state index contributed by atoms with van der Waals surface area (Å²) in [6, 6.07) is 8.01. The Labute approximate surface area is 172 Å². The molecule has 28 heavy (non-hydrogen) atoms. The number of carbonyl (C=O) groups is 1. The highest BCUT2D eigenvalue weighted by Gasteiger charge is 2.31. The Bertz CT molecular complexity index is 788. The van der Waals surface area contributed by atoms with Crippen LogP contribution in [0.2, 0.25) is 0 Å². The van der Waals surface area contributed by atoms with Crippen LogP contribution >= 0.6 is 11.3 Å². The van der Waals surface area contributed by atoms with E-state index >= 15 is 0 Å². The predicted octanol–water partition coefficient (Wildman–Crippen LogP) is 5.08. The predicted molar refractivity (Wildman–Crippen MR) is 116 cm³/mol. The van der Waals surface area contributed by atoms with E-state index < -0.39 is 0 Å². The maximum Gasteiger partial charge on any atom is 0.120 e. The molecule has 0 radical (unpaired) electrons. The summed E-state index contributed by atoms with van der Waals surface area (Å²) in [5.74, 6) is 1.70. The minimum absolute atomic E-state index is 0.0200. The fourth-order valence-corrected chi connectivity index (χ4v) is 4.76. The van der Waals surface area contributed by atoms with Gasteiger partial charge in [0.05, 0.1) is 22.3 Å². The highest BCUT2D eigenvalue weighted by molar-refractivity contribution is 7.15. The van der Waals surface area contributed by atoms with E-state index in [1.54, 1.807) is 11.3 Å². The van der Waals surface area contributed by atoms with E-state index in [4.69, 9.17) is 10.1 Å². The number of ether oxygens (including phenoxy) is 1. The van der Waals surface area contributed by atoms with Gasteiger partial charge in [-0.2, -0.15) is 0 Å². The van der Waals surface area contributed by atoms with E-state index in [9.17, 15) is 4.79 Å². The van der Waals surface area contributed by atoms with Crippen molar-refractivity contribution in [3.05, 3.63) is 35.5 Å². The molecule has 2 aromatic rings. The van der Waals surface area contributed by atoms with Crippen LogP contribution in [0.25, 0.3) is 10.4 Å². The number of thiazole rings is 1. The van der Waals surface area contributed by atoms with Gasteiger partial charge < -0.3 is 14.4 Å². The Balaban J connectivity index is 2.33. The first-order chi connectivity index (χ1) is 13.4. The molecule has 6 heteroatoms. The lowest BCUT2D eigenvalue weighted by Crippen LogP contribution is -2.34. The van der Waals surface area contributed by atoms with Crippen LogP contribution in [-0.2, 0) is 4.79 Å². The molecule has 5 nitrogen and oxygen atoms in total. The van der Waals surface area contributed by atoms with E-state index in [2.05, 4.69) is 24.9 Å². The number of carbonyl (C=O) groups excluding carboxylic acids is 1. The molecule has 1 aromatic carbocycles. The van der Waals surface area contributed by atoms with E-state index in [1.165, 1.54) is 0 Å². The van der Waals surface area contributed by atoms with E-state index in [1.807, 2.05) is 50.3 Å². The maximum atomic E-state index is 11.4. The van der Waals surface area contributed by atoms with Crippen molar-refractivity contribution >= 4 is 23.5 Å². The number of aldehydes is 1. The maximum absolute atomic E-state index is 11.4. The van der Waals surface area contributed by atoms with Crippen LogP contribution in [0, 0.1) is 17.2 Å². The fraction of sp³-hybridized carbons (Fsp3) is 0.500. The van der Waals surface area contributed by atoms with Crippen molar-refractivity contribution in [1.29, 1.82) is 5.41 Å². The van der Waals surface area contributed by atoms with Gasteiger partial charge in [0, 0.05) is 38.5 Å². The molecule has 0 bridgehead atoms. The zero-order chi connectivity index (χ0) is 20.7. The number of nitrogens with one attached hydrogen (secondary N) is 1. The Kier molecular flexibility index (Phi) is 8.18. The average molecular weight is 402 g/mol. The molecule has 0 spiro atoms. The number of benzene rings is 1. The number of hydrogen-bond donors (Lipinski definition) is 1. The highest BCUT2D eigenvalue weighted by Crippen LogP contribution is 2.40. The largest absolute Gasteiger partial charge is 0.494 e. The van der Waals surface area contributed by atoms with Crippen molar-refractivity contribution in [2.45, 2.75) is 39.5 Å². The third-order valence-electron chi connectivity index (χ3n) is 5.16. The summed E-state index contributed by atoms with van der Waals surface area (Å²) in [7, 11) is 3.79. The van der Waals surface area contributed by atoms with Gasteiger partial charge >= 0.3 is 0 Å². The SMILES string of the molecule is CCOc1cccc(-c2cnc(C(CC=O)C(CC)C(C)C(=N)N(C)C)s2)c1. The summed E-state index contributed by atoms with van der Waals surface area (Å²) in [4.78, 5) is 19.0. The van der Waals surface area contributed by atoms with Gasteiger partial charge in [0.1, 0.15) is 12.0 Å². The Morgan fingerprint density at radius 1 is 1.36 bits per heavy atom. The van der Waals surface area contributed by atoms with Crippen molar-refractivity contribution in [2.24, 2.45) is 11.8 Å². The number of aromatic nitrogens is 1. The third-order valence-corrected chi connectivity index (χ3v) is 6.34. The molecule has 0 aliphatic rings. The normalized spacial score (nSPS) is 14.2. The standard InChI is InChI=1S/C22H31N3O2S/c1-6-18(15(3)21(23)25(4)5)19(11-12-26)22-24-14-20(28-22)16-9-8-10-17(13-16)27-7-2/h8-10,12-15,18-19,23H,6-7,11H2,1-5H3. The summed E-state index contributed by atoms with van der Waals surface area (Å²) in [5, 5.41) is 9.35. The first-order valence-electron chi connectivity index (χ1n) is 9.81. The number of nitrogens with zero attached hydrogens (tertiary/aromatic N) is 2. The van der Waals surface area contributed by atoms with Crippen molar-refractivity contribution in [3.63, 3.8) is 0 Å². The molecule has 0 fully saturated rings. The fourth-order valence-electron chi connectivity index (χ4n) is 3.66. The Hall–Kier alpha value is -2.21. The van der Waals surface area contributed by atoms with Crippen LogP contribution in [-0.4, -0.2) is 42.7 Å². The molecule has 1 N–H and O–H groups in total. The zero-order valence-corrected chi connectivity index (χ0v) is 18.3. The second-order valence-corrected chi connectivity index (χ2v) is 8.24. The third kappa shape index (κ3) is 5.19. The molecule has 0 amide bonds. The number of rotatable bonds is 10.